The summed E-state index contributed by atoms with van der Waals surface area (Å²) in [5.41, 5.74) is 1.78. The van der Waals surface area contributed by atoms with Gasteiger partial charge in [0.05, 0.1) is 0 Å². The van der Waals surface area contributed by atoms with Crippen molar-refractivity contribution in [2.45, 2.75) is 38.1 Å². The predicted molar refractivity (Wildman–Crippen MR) is 79.6 cm³/mol. The molecule has 0 radical (unpaired) electrons. The second-order valence-electron chi connectivity index (χ2n) is 5.80. The molecule has 1 fully saturated rings. The van der Waals surface area contributed by atoms with Gasteiger partial charge in [-0.2, -0.15) is 0 Å². The molecule has 1 atom stereocenters. The first-order chi connectivity index (χ1) is 10.1. The van der Waals surface area contributed by atoms with Gasteiger partial charge in [-0.3, -0.25) is 4.79 Å². The zero-order valence-corrected chi connectivity index (χ0v) is 12.2. The van der Waals surface area contributed by atoms with E-state index in [9.17, 15) is 14.7 Å². The number of carbonyl (C=O) groups excluding carboxylic acids is 1. The fourth-order valence-electron chi connectivity index (χ4n) is 3.51. The summed E-state index contributed by atoms with van der Waals surface area (Å²) in [6.45, 7) is 3.26. The summed E-state index contributed by atoms with van der Waals surface area (Å²) >= 11 is 0. The molecule has 21 heavy (non-hydrogen) atoms. The van der Waals surface area contributed by atoms with E-state index in [1.54, 1.807) is 11.0 Å². The SMILES string of the molecule is CCC1(C(=O)O)CCCN1C(=O)c1ccc2c(c1)CCN2. The minimum atomic E-state index is -1.03. The average Bonchev–Trinajstić information content (AvgIpc) is 3.12. The van der Waals surface area contributed by atoms with Crippen LogP contribution >= 0.6 is 0 Å². The molecule has 2 aliphatic rings. The Hall–Kier alpha value is -2.04. The first-order valence-corrected chi connectivity index (χ1v) is 7.50. The van der Waals surface area contributed by atoms with Crippen LogP contribution in [0.15, 0.2) is 18.2 Å². The van der Waals surface area contributed by atoms with Gasteiger partial charge >= 0.3 is 5.97 Å². The van der Waals surface area contributed by atoms with E-state index >= 15 is 0 Å². The molecule has 0 aromatic heterocycles. The van der Waals surface area contributed by atoms with E-state index in [0.717, 1.165) is 30.6 Å². The number of nitrogens with zero attached hydrogens (tertiary/aromatic N) is 1. The van der Waals surface area contributed by atoms with E-state index in [4.69, 9.17) is 0 Å². The van der Waals surface area contributed by atoms with Crippen molar-refractivity contribution >= 4 is 17.6 Å². The molecule has 1 aromatic rings. The molecule has 0 aliphatic carbocycles. The molecule has 5 nitrogen and oxygen atoms in total. The Labute approximate surface area is 123 Å². The summed E-state index contributed by atoms with van der Waals surface area (Å²) in [4.78, 5) is 26.0. The number of aliphatic carboxylic acids is 1. The Morgan fingerprint density at radius 3 is 2.95 bits per heavy atom. The van der Waals surface area contributed by atoms with Crippen molar-refractivity contribution < 1.29 is 14.7 Å². The second-order valence-corrected chi connectivity index (χ2v) is 5.80. The lowest BCUT2D eigenvalue weighted by Gasteiger charge is -2.34. The Morgan fingerprint density at radius 1 is 1.43 bits per heavy atom. The van der Waals surface area contributed by atoms with Crippen molar-refractivity contribution in [3.63, 3.8) is 0 Å². The molecule has 2 N–H and O–H groups in total. The maximum atomic E-state index is 12.8. The van der Waals surface area contributed by atoms with Gasteiger partial charge in [0.1, 0.15) is 5.54 Å². The summed E-state index contributed by atoms with van der Waals surface area (Å²) in [5.74, 6) is -1.05. The number of fused-ring (bicyclic) bond motifs is 1. The predicted octanol–water partition coefficient (Wildman–Crippen LogP) is 2.12. The fourth-order valence-corrected chi connectivity index (χ4v) is 3.51. The van der Waals surface area contributed by atoms with Crippen molar-refractivity contribution in [2.24, 2.45) is 0 Å². The Balaban J connectivity index is 1.92. The molecule has 1 unspecified atom stereocenters. The van der Waals surface area contributed by atoms with Crippen LogP contribution in [0.5, 0.6) is 0 Å². The molecule has 5 heteroatoms. The Kier molecular flexibility index (Phi) is 3.35. The van der Waals surface area contributed by atoms with E-state index in [2.05, 4.69) is 5.32 Å². The molecular weight excluding hydrogens is 268 g/mol. The minimum Gasteiger partial charge on any atom is -0.479 e. The number of nitrogens with one attached hydrogen (secondary N) is 1. The Bertz CT molecular complexity index is 599. The largest absolute Gasteiger partial charge is 0.479 e. The number of hydrogen-bond donors (Lipinski definition) is 2. The number of carboxylic acids is 1. The number of amides is 1. The highest BCUT2D eigenvalue weighted by atomic mass is 16.4. The number of benzene rings is 1. The number of likely N-dealkylation sites (tertiary alicyclic amines) is 1. The summed E-state index contributed by atoms with van der Waals surface area (Å²) < 4.78 is 0. The van der Waals surface area contributed by atoms with Gasteiger partial charge in [-0.15, -0.1) is 0 Å². The van der Waals surface area contributed by atoms with Crippen molar-refractivity contribution in [3.05, 3.63) is 29.3 Å². The normalized spacial score (nSPS) is 23.8. The molecule has 0 saturated carbocycles. The van der Waals surface area contributed by atoms with Gasteiger partial charge in [0, 0.05) is 24.3 Å². The number of carboxylic acid groups (broad SMARTS) is 1. The van der Waals surface area contributed by atoms with E-state index in [1.807, 2.05) is 19.1 Å². The lowest BCUT2D eigenvalue weighted by molar-refractivity contribution is -0.148. The van der Waals surface area contributed by atoms with E-state index in [-0.39, 0.29) is 5.91 Å². The van der Waals surface area contributed by atoms with Gasteiger partial charge in [-0.25, -0.2) is 4.79 Å². The van der Waals surface area contributed by atoms with Crippen LogP contribution in [0.1, 0.15) is 42.1 Å². The van der Waals surface area contributed by atoms with E-state index in [1.165, 1.54) is 0 Å². The quantitative estimate of drug-likeness (QED) is 0.894. The molecule has 1 aromatic carbocycles. The van der Waals surface area contributed by atoms with Crippen LogP contribution in [0.3, 0.4) is 0 Å². The molecule has 1 saturated heterocycles. The van der Waals surface area contributed by atoms with Crippen molar-refractivity contribution in [1.29, 1.82) is 0 Å². The monoisotopic (exact) mass is 288 g/mol. The minimum absolute atomic E-state index is 0.161. The third-order valence-corrected chi connectivity index (χ3v) is 4.78. The van der Waals surface area contributed by atoms with Gasteiger partial charge < -0.3 is 15.3 Å². The van der Waals surface area contributed by atoms with Gasteiger partial charge in [-0.1, -0.05) is 6.92 Å². The first kappa shape index (κ1) is 13.9. The zero-order chi connectivity index (χ0) is 15.0. The summed E-state index contributed by atoms with van der Waals surface area (Å²) in [5, 5.41) is 12.8. The van der Waals surface area contributed by atoms with Crippen molar-refractivity contribution in [2.75, 3.05) is 18.4 Å². The number of anilines is 1. The van der Waals surface area contributed by atoms with Gasteiger partial charge in [0.2, 0.25) is 0 Å². The second kappa shape index (κ2) is 5.06. The lowest BCUT2D eigenvalue weighted by Crippen LogP contribution is -2.52. The highest BCUT2D eigenvalue weighted by molar-refractivity contribution is 5.99. The molecule has 2 heterocycles. The fraction of sp³-hybridized carbons (Fsp3) is 0.500. The van der Waals surface area contributed by atoms with Gasteiger partial charge in [0.15, 0.2) is 0 Å². The van der Waals surface area contributed by atoms with Crippen LogP contribution < -0.4 is 5.32 Å². The number of hydrogen-bond acceptors (Lipinski definition) is 3. The third-order valence-electron chi connectivity index (χ3n) is 4.78. The molecular formula is C16H20N2O3. The molecule has 0 spiro atoms. The van der Waals surface area contributed by atoms with Gasteiger partial charge in [-0.05, 0) is 49.4 Å². The highest BCUT2D eigenvalue weighted by Gasteiger charge is 2.48. The van der Waals surface area contributed by atoms with Crippen LogP contribution in [0.2, 0.25) is 0 Å². The maximum absolute atomic E-state index is 12.8. The average molecular weight is 288 g/mol. The standard InChI is InChI=1S/C16H20N2O3/c1-2-16(15(20)21)7-3-9-18(16)14(19)12-4-5-13-11(10-12)6-8-17-13/h4-5,10,17H,2-3,6-9H2,1H3,(H,20,21). The van der Waals surface area contributed by atoms with Crippen LogP contribution in [-0.2, 0) is 11.2 Å². The molecule has 1 amide bonds. The molecule has 2 aliphatic heterocycles. The Morgan fingerprint density at radius 2 is 2.24 bits per heavy atom. The smallest absolute Gasteiger partial charge is 0.329 e. The van der Waals surface area contributed by atoms with Crippen molar-refractivity contribution in [1.82, 2.24) is 4.90 Å². The van der Waals surface area contributed by atoms with Crippen molar-refractivity contribution in [3.8, 4) is 0 Å². The first-order valence-electron chi connectivity index (χ1n) is 7.50. The molecule has 112 valence electrons. The lowest BCUT2D eigenvalue weighted by atomic mass is 9.92. The van der Waals surface area contributed by atoms with Gasteiger partial charge in [0.25, 0.3) is 5.91 Å². The molecule has 3 rings (SSSR count). The summed E-state index contributed by atoms with van der Waals surface area (Å²) in [6, 6.07) is 5.61. The van der Waals surface area contributed by atoms with Crippen LogP contribution in [-0.4, -0.2) is 40.5 Å². The molecule has 0 bridgehead atoms. The zero-order valence-electron chi connectivity index (χ0n) is 12.2. The van der Waals surface area contributed by atoms with E-state index < -0.39 is 11.5 Å². The number of rotatable bonds is 3. The van der Waals surface area contributed by atoms with Crippen LogP contribution in [0.25, 0.3) is 0 Å². The highest BCUT2D eigenvalue weighted by Crippen LogP contribution is 2.34. The van der Waals surface area contributed by atoms with E-state index in [0.29, 0.717) is 24.9 Å². The summed E-state index contributed by atoms with van der Waals surface area (Å²) in [6.07, 6.45) is 2.64. The maximum Gasteiger partial charge on any atom is 0.329 e. The van der Waals surface area contributed by atoms with Crippen LogP contribution in [0.4, 0.5) is 5.69 Å². The topological polar surface area (TPSA) is 69.6 Å². The van der Waals surface area contributed by atoms with Crippen LogP contribution in [0, 0.1) is 0 Å². The summed E-state index contributed by atoms with van der Waals surface area (Å²) in [7, 11) is 0. The number of carbonyl (C=O) groups is 2. The third kappa shape index (κ3) is 2.07.